The zero-order chi connectivity index (χ0) is 52.0. The largest absolute Gasteiger partial charge is 0.453 e. The number of aryl methyl sites for hydroxylation is 1. The molecule has 8 rings (SSSR count). The molecule has 0 bridgehead atoms. The summed E-state index contributed by atoms with van der Waals surface area (Å²) in [5, 5.41) is 13.5. The lowest BCUT2D eigenvalue weighted by atomic mass is 10.0. The van der Waals surface area contributed by atoms with E-state index in [0.717, 1.165) is 54.2 Å². The summed E-state index contributed by atoms with van der Waals surface area (Å²) in [5.74, 6) is -1.42. The van der Waals surface area contributed by atoms with Gasteiger partial charge in [-0.15, -0.1) is 0 Å². The van der Waals surface area contributed by atoms with Crippen molar-refractivity contribution in [1.82, 2.24) is 34.8 Å². The summed E-state index contributed by atoms with van der Waals surface area (Å²) >= 11 is 0. The highest BCUT2D eigenvalue weighted by atomic mass is 16.5. The number of aromatic nitrogens is 1. The van der Waals surface area contributed by atoms with Crippen molar-refractivity contribution in [3.63, 3.8) is 0 Å². The molecular weight excluding hydrogens is 939 g/mol. The highest BCUT2D eigenvalue weighted by Gasteiger charge is 2.40. The summed E-state index contributed by atoms with van der Waals surface area (Å²) in [5.41, 5.74) is 4.18. The minimum absolute atomic E-state index is 0.317. The Bertz CT molecular complexity index is 2560. The number of carbonyl (C=O) groups excluding carboxylic acids is 6. The van der Waals surface area contributed by atoms with Gasteiger partial charge in [0.2, 0.25) is 11.8 Å². The third-order valence-electron chi connectivity index (χ3n) is 14.9. The van der Waals surface area contributed by atoms with Crippen molar-refractivity contribution >= 4 is 69.0 Å². The third kappa shape index (κ3) is 13.2. The summed E-state index contributed by atoms with van der Waals surface area (Å²) in [6.07, 6.45) is 9.98. The fraction of sp³-hybridized carbons (Fsp3) is 0.474. The summed E-state index contributed by atoms with van der Waals surface area (Å²) in [6.45, 7) is 7.27. The lowest BCUT2D eigenvalue weighted by Gasteiger charge is -2.32. The Morgan fingerprint density at radius 2 is 0.946 bits per heavy atom. The van der Waals surface area contributed by atoms with Gasteiger partial charge in [0, 0.05) is 68.0 Å². The third-order valence-corrected chi connectivity index (χ3v) is 14.9. The van der Waals surface area contributed by atoms with Gasteiger partial charge in [0.05, 0.1) is 25.3 Å². The second kappa shape index (κ2) is 25.8. The molecule has 3 aliphatic rings. The van der Waals surface area contributed by atoms with Gasteiger partial charge in [0.15, 0.2) is 0 Å². The van der Waals surface area contributed by atoms with E-state index < -0.39 is 48.2 Å². The van der Waals surface area contributed by atoms with Crippen molar-refractivity contribution in [2.24, 2.45) is 0 Å². The van der Waals surface area contributed by atoms with Crippen LogP contribution in [0.1, 0.15) is 100 Å². The number of anilines is 2. The van der Waals surface area contributed by atoms with Crippen LogP contribution < -0.4 is 21.3 Å². The molecule has 0 spiro atoms. The predicted octanol–water partition coefficient (Wildman–Crippen LogP) is 8.22. The van der Waals surface area contributed by atoms with Gasteiger partial charge in [-0.2, -0.15) is 0 Å². The van der Waals surface area contributed by atoms with Crippen LogP contribution in [-0.4, -0.2) is 139 Å². The van der Waals surface area contributed by atoms with Crippen LogP contribution in [-0.2, 0) is 35.2 Å². The maximum Gasteiger partial charge on any atom is 0.407 e. The molecule has 0 radical (unpaired) electrons. The molecule has 4 aromatic carbocycles. The number of nitrogens with one attached hydrogen (secondary N) is 4. The van der Waals surface area contributed by atoms with Crippen molar-refractivity contribution < 1.29 is 38.2 Å². The predicted molar refractivity (Wildman–Crippen MR) is 286 cm³/mol. The minimum Gasteiger partial charge on any atom is -0.453 e. The molecule has 74 heavy (non-hydrogen) atoms. The second-order valence-corrected chi connectivity index (χ2v) is 19.9. The van der Waals surface area contributed by atoms with E-state index in [-0.39, 0.29) is 11.8 Å². The molecular formula is C57H73N9O8. The molecule has 3 aliphatic heterocycles. The maximum absolute atomic E-state index is 14.2. The maximum atomic E-state index is 14.2. The van der Waals surface area contributed by atoms with E-state index >= 15 is 0 Å². The molecule has 4 heterocycles. The van der Waals surface area contributed by atoms with Gasteiger partial charge in [-0.25, -0.2) is 9.59 Å². The van der Waals surface area contributed by atoms with Crippen LogP contribution in [0.5, 0.6) is 0 Å². The molecule has 0 aliphatic carbocycles. The summed E-state index contributed by atoms with van der Waals surface area (Å²) in [6, 6.07) is 26.0. The molecule has 4 atom stereocenters. The second-order valence-electron chi connectivity index (χ2n) is 19.9. The Hall–Kier alpha value is -6.98. The van der Waals surface area contributed by atoms with E-state index in [9.17, 15) is 28.8 Å². The molecule has 5 aromatic rings. The number of benzene rings is 4. The molecule has 4 N–H and O–H groups in total. The van der Waals surface area contributed by atoms with E-state index in [1.54, 1.807) is 58.3 Å². The molecule has 17 nitrogen and oxygen atoms in total. The topological polar surface area (TPSA) is 187 Å². The lowest BCUT2D eigenvalue weighted by Crippen LogP contribution is -2.48. The standard InChI is InChI=1S/C57H73N9O8/c1-62-34-36-63(37-35-62)30-16-8-6-4-5-7-9-17-31-64-48-38-42(58-52(67)46-24-18-32-65(46)54(69)50(60-56(71)73-2)40-20-12-10-13-21-40)26-28-44(48)45-29-27-43(39-49(45)64)59-53(68)47-25-19-33-66(47)55(70)51(61-57(72)74-3)41-22-14-11-15-23-41/h10-15,20-23,26-29,38-39,46-47,50-51H,4-9,16-19,24-25,30-37H2,1-3H3,(H,58,67)(H,59,68)(H,60,71)(H,61,72)/t46-,47-,50?,51?/m0/s1. The molecule has 0 saturated carbocycles. The van der Waals surface area contributed by atoms with Gasteiger partial charge < -0.3 is 54.9 Å². The number of carbonyl (C=O) groups is 6. The Morgan fingerprint density at radius 1 is 0.527 bits per heavy atom. The molecule has 394 valence electrons. The molecule has 1 aromatic heterocycles. The molecule has 2 unspecified atom stereocenters. The van der Waals surface area contributed by atoms with E-state index in [1.807, 2.05) is 48.5 Å². The fourth-order valence-corrected chi connectivity index (χ4v) is 10.8. The van der Waals surface area contributed by atoms with Gasteiger partial charge in [-0.3, -0.25) is 19.2 Å². The highest BCUT2D eigenvalue weighted by molar-refractivity contribution is 6.11. The van der Waals surface area contributed by atoms with Crippen LogP contribution >= 0.6 is 0 Å². The van der Waals surface area contributed by atoms with E-state index in [1.165, 1.54) is 66.0 Å². The van der Waals surface area contributed by atoms with E-state index in [4.69, 9.17) is 9.47 Å². The molecule has 3 fully saturated rings. The number of rotatable bonds is 21. The van der Waals surface area contributed by atoms with Gasteiger partial charge in [0.1, 0.15) is 24.2 Å². The normalized spacial score (nSPS) is 18.0. The first-order chi connectivity index (χ1) is 36.0. The first kappa shape index (κ1) is 53.3. The minimum atomic E-state index is -1.03. The number of likely N-dealkylation sites (tertiary alicyclic amines) is 2. The Balaban J connectivity index is 0.979. The Morgan fingerprint density at radius 3 is 1.38 bits per heavy atom. The summed E-state index contributed by atoms with van der Waals surface area (Å²) in [7, 11) is 4.68. The lowest BCUT2D eigenvalue weighted by molar-refractivity contribution is -0.138. The number of methoxy groups -OCH3 is 2. The molecule has 3 saturated heterocycles. The number of unbranched alkanes of at least 4 members (excludes halogenated alkanes) is 7. The van der Waals surface area contributed by atoms with Crippen LogP contribution in [0.4, 0.5) is 21.0 Å². The van der Waals surface area contributed by atoms with Crippen LogP contribution in [0.15, 0.2) is 97.1 Å². The average Bonchev–Trinajstić information content (AvgIpc) is 4.19. The first-order valence-corrected chi connectivity index (χ1v) is 26.5. The SMILES string of the molecule is COC(=O)NC(C(=O)N1CCC[C@H]1C(=O)Nc1ccc2c3ccc(NC(=O)[C@@H]4CCCN4C(=O)C(NC(=O)OC)c4ccccc4)cc3n(CCCCCCCCCCN3CCN(C)CC3)c2c1)c1ccccc1. The number of ether oxygens (including phenoxy) is 2. The van der Waals surface area contributed by atoms with Crippen molar-refractivity contribution in [1.29, 1.82) is 0 Å². The van der Waals surface area contributed by atoms with Crippen molar-refractivity contribution in [2.75, 3.05) is 77.7 Å². The molecule has 17 heteroatoms. The van der Waals surface area contributed by atoms with Crippen LogP contribution in [0.25, 0.3) is 21.8 Å². The van der Waals surface area contributed by atoms with Gasteiger partial charge in [-0.05, 0) is 87.5 Å². The fourth-order valence-electron chi connectivity index (χ4n) is 10.8. The summed E-state index contributed by atoms with van der Waals surface area (Å²) < 4.78 is 12.0. The van der Waals surface area contributed by atoms with Gasteiger partial charge >= 0.3 is 12.2 Å². The number of piperazine rings is 1. The van der Waals surface area contributed by atoms with Crippen LogP contribution in [0.2, 0.25) is 0 Å². The van der Waals surface area contributed by atoms with Gasteiger partial charge in [-0.1, -0.05) is 111 Å². The Kier molecular flexibility index (Phi) is 18.6. The van der Waals surface area contributed by atoms with Crippen LogP contribution in [0.3, 0.4) is 0 Å². The Labute approximate surface area is 434 Å². The summed E-state index contributed by atoms with van der Waals surface area (Å²) in [4.78, 5) is 89.5. The number of likely N-dealkylation sites (N-methyl/N-ethyl adjacent to an activating group) is 1. The van der Waals surface area contributed by atoms with Crippen LogP contribution in [0, 0.1) is 0 Å². The number of nitrogens with zero attached hydrogens (tertiary/aromatic N) is 5. The number of alkyl carbamates (subject to hydrolysis) is 2. The quantitative estimate of drug-likeness (QED) is 0.0522. The van der Waals surface area contributed by atoms with Crippen molar-refractivity contribution in [3.05, 3.63) is 108 Å². The van der Waals surface area contributed by atoms with E-state index in [2.05, 4.69) is 42.7 Å². The first-order valence-electron chi connectivity index (χ1n) is 26.5. The monoisotopic (exact) mass is 1010 g/mol. The van der Waals surface area contributed by atoms with Crippen molar-refractivity contribution in [2.45, 2.75) is 108 Å². The molecule has 6 amide bonds. The average molecular weight is 1010 g/mol. The zero-order valence-corrected chi connectivity index (χ0v) is 43.2. The number of hydrogen-bond acceptors (Lipinski definition) is 10. The zero-order valence-electron chi connectivity index (χ0n) is 43.2. The number of hydrogen-bond donors (Lipinski definition) is 4. The number of fused-ring (bicyclic) bond motifs is 3. The smallest absolute Gasteiger partial charge is 0.407 e. The number of amides is 6. The van der Waals surface area contributed by atoms with E-state index in [0.29, 0.717) is 67.8 Å². The van der Waals surface area contributed by atoms with Crippen molar-refractivity contribution in [3.8, 4) is 0 Å². The van der Waals surface area contributed by atoms with Gasteiger partial charge in [0.25, 0.3) is 11.8 Å². The highest BCUT2D eigenvalue weighted by Crippen LogP contribution is 2.35.